The molecule has 0 radical (unpaired) electrons. The van der Waals surface area contributed by atoms with Gasteiger partial charge in [0.15, 0.2) is 10.6 Å². The summed E-state index contributed by atoms with van der Waals surface area (Å²) in [5, 5.41) is 2.70. The van der Waals surface area contributed by atoms with Crippen LogP contribution in [0.15, 0.2) is 52.0 Å². The zero-order chi connectivity index (χ0) is 19.4. The third-order valence-corrected chi connectivity index (χ3v) is 4.82. The fourth-order valence-electron chi connectivity index (χ4n) is 2.55. The van der Waals surface area contributed by atoms with Crippen LogP contribution in [0.2, 0.25) is 0 Å². The van der Waals surface area contributed by atoms with Crippen molar-refractivity contribution in [2.45, 2.75) is 27.3 Å². The Hall–Kier alpha value is -2.93. The molecule has 0 bridgehead atoms. The summed E-state index contributed by atoms with van der Waals surface area (Å²) in [4.78, 5) is 30.2. The maximum atomic E-state index is 12.5. The van der Waals surface area contributed by atoms with Crippen molar-refractivity contribution in [3.05, 3.63) is 74.9 Å². The first-order chi connectivity index (χ1) is 13.0. The van der Waals surface area contributed by atoms with Crippen LogP contribution in [0.1, 0.15) is 44.0 Å². The molecule has 0 saturated carbocycles. The number of aromatic nitrogens is 1. The predicted octanol–water partition coefficient (Wildman–Crippen LogP) is 3.30. The number of hydrogen-bond acceptors (Lipinski definition) is 4. The van der Waals surface area contributed by atoms with Gasteiger partial charge in [-0.25, -0.2) is 0 Å². The smallest absolute Gasteiger partial charge is 0.286 e. The van der Waals surface area contributed by atoms with E-state index in [9.17, 15) is 9.59 Å². The fourth-order valence-corrected chi connectivity index (χ4v) is 3.38. The van der Waals surface area contributed by atoms with E-state index in [1.807, 2.05) is 43.7 Å². The number of nitrogens with one attached hydrogen (secondary N) is 1. The minimum absolute atomic E-state index is 0.241. The van der Waals surface area contributed by atoms with E-state index in [2.05, 4.69) is 10.3 Å². The minimum atomic E-state index is -0.284. The van der Waals surface area contributed by atoms with Gasteiger partial charge in [-0.3, -0.25) is 9.59 Å². The van der Waals surface area contributed by atoms with Crippen molar-refractivity contribution in [1.29, 1.82) is 0 Å². The Morgan fingerprint density at radius 1 is 1.15 bits per heavy atom. The van der Waals surface area contributed by atoms with E-state index in [0.717, 1.165) is 10.4 Å². The Bertz CT molecular complexity index is 1030. The van der Waals surface area contributed by atoms with Crippen molar-refractivity contribution in [2.24, 2.45) is 4.99 Å². The van der Waals surface area contributed by atoms with Gasteiger partial charge in [0.05, 0.1) is 6.54 Å². The van der Waals surface area contributed by atoms with E-state index in [-0.39, 0.29) is 17.6 Å². The number of aryl methyl sites for hydroxylation is 2. The van der Waals surface area contributed by atoms with Crippen LogP contribution in [0.3, 0.4) is 0 Å². The van der Waals surface area contributed by atoms with Gasteiger partial charge < -0.3 is 14.3 Å². The normalized spacial score (nSPS) is 11.6. The number of rotatable bonds is 5. The predicted molar refractivity (Wildman–Crippen MR) is 104 cm³/mol. The summed E-state index contributed by atoms with van der Waals surface area (Å²) >= 11 is 1.44. The van der Waals surface area contributed by atoms with Crippen LogP contribution >= 0.6 is 11.3 Å². The summed E-state index contributed by atoms with van der Waals surface area (Å²) in [5.41, 5.74) is 1.64. The molecule has 0 aliphatic rings. The first-order valence-electron chi connectivity index (χ1n) is 8.65. The summed E-state index contributed by atoms with van der Waals surface area (Å²) < 4.78 is 7.47. The van der Waals surface area contributed by atoms with Crippen molar-refractivity contribution in [2.75, 3.05) is 6.54 Å². The number of thiazole rings is 1. The van der Waals surface area contributed by atoms with Crippen LogP contribution in [0.5, 0.6) is 0 Å². The molecule has 6 nitrogen and oxygen atoms in total. The van der Waals surface area contributed by atoms with Crippen molar-refractivity contribution < 1.29 is 14.0 Å². The van der Waals surface area contributed by atoms with Gasteiger partial charge in [-0.2, -0.15) is 4.99 Å². The highest BCUT2D eigenvalue weighted by molar-refractivity contribution is 7.09. The van der Waals surface area contributed by atoms with Crippen molar-refractivity contribution >= 4 is 23.2 Å². The summed E-state index contributed by atoms with van der Waals surface area (Å²) in [6, 6.07) is 10.7. The summed E-state index contributed by atoms with van der Waals surface area (Å²) in [7, 11) is 0. The number of carbonyl (C=O) groups is 2. The molecular formula is C20H21N3O3S. The molecule has 0 saturated heterocycles. The van der Waals surface area contributed by atoms with E-state index < -0.39 is 0 Å². The number of hydrogen-bond donors (Lipinski definition) is 1. The van der Waals surface area contributed by atoms with Gasteiger partial charge in [-0.05, 0) is 45.0 Å². The van der Waals surface area contributed by atoms with Gasteiger partial charge >= 0.3 is 0 Å². The van der Waals surface area contributed by atoms with E-state index >= 15 is 0 Å². The number of benzene rings is 1. The molecule has 1 aromatic carbocycles. The van der Waals surface area contributed by atoms with E-state index in [4.69, 9.17) is 4.42 Å². The summed E-state index contributed by atoms with van der Waals surface area (Å²) in [6.07, 6.45) is 1.92. The molecule has 0 fully saturated rings. The Kier molecular flexibility index (Phi) is 5.71. The molecule has 0 atom stereocenters. The van der Waals surface area contributed by atoms with E-state index in [1.165, 1.54) is 11.3 Å². The van der Waals surface area contributed by atoms with Gasteiger partial charge in [-0.15, -0.1) is 11.3 Å². The molecule has 2 aromatic heterocycles. The molecule has 0 unspecified atom stereocenters. The number of furan rings is 1. The van der Waals surface area contributed by atoms with Crippen molar-refractivity contribution in [3.8, 4) is 0 Å². The van der Waals surface area contributed by atoms with Gasteiger partial charge in [0.2, 0.25) is 0 Å². The topological polar surface area (TPSA) is 76.6 Å². The molecular weight excluding hydrogens is 362 g/mol. The van der Waals surface area contributed by atoms with Crippen LogP contribution in [0.25, 0.3) is 0 Å². The maximum Gasteiger partial charge on any atom is 0.286 e. The molecule has 0 spiro atoms. The van der Waals surface area contributed by atoms with E-state index in [0.29, 0.717) is 29.2 Å². The van der Waals surface area contributed by atoms with Crippen LogP contribution in [0.4, 0.5) is 0 Å². The lowest BCUT2D eigenvalue weighted by Crippen LogP contribution is -2.22. The first-order valence-corrected chi connectivity index (χ1v) is 9.47. The van der Waals surface area contributed by atoms with Crippen molar-refractivity contribution in [3.63, 3.8) is 0 Å². The lowest BCUT2D eigenvalue weighted by molar-refractivity contribution is 0.0925. The monoisotopic (exact) mass is 383 g/mol. The number of carbonyl (C=O) groups excluding carboxylic acids is 2. The van der Waals surface area contributed by atoms with Crippen LogP contribution in [0, 0.1) is 13.8 Å². The third-order valence-electron chi connectivity index (χ3n) is 3.88. The molecule has 2 heterocycles. The standard InChI is InChI=1S/C20H21N3O3S/c1-4-21-19(25)17-10-9-16(26-17)12-23-11-14(3)27-20(23)22-18(24)15-7-5-13(2)6-8-15/h5-11H,4,12H2,1-3H3,(H,21,25). The Labute approximate surface area is 161 Å². The van der Waals surface area contributed by atoms with Gasteiger partial charge in [0.1, 0.15) is 5.76 Å². The molecule has 0 aliphatic heterocycles. The maximum absolute atomic E-state index is 12.5. The molecule has 3 aromatic rings. The Morgan fingerprint density at radius 3 is 2.59 bits per heavy atom. The molecule has 1 N–H and O–H groups in total. The highest BCUT2D eigenvalue weighted by Crippen LogP contribution is 2.11. The Morgan fingerprint density at radius 2 is 1.89 bits per heavy atom. The highest BCUT2D eigenvalue weighted by Gasteiger charge is 2.12. The van der Waals surface area contributed by atoms with E-state index in [1.54, 1.807) is 24.3 Å². The second-order valence-electron chi connectivity index (χ2n) is 6.16. The number of nitrogens with zero attached hydrogens (tertiary/aromatic N) is 2. The quantitative estimate of drug-likeness (QED) is 0.734. The number of amides is 2. The zero-order valence-corrected chi connectivity index (χ0v) is 16.3. The van der Waals surface area contributed by atoms with Gasteiger partial charge in [0, 0.05) is 23.2 Å². The zero-order valence-electron chi connectivity index (χ0n) is 15.5. The van der Waals surface area contributed by atoms with Crippen LogP contribution in [-0.2, 0) is 6.54 Å². The molecule has 7 heteroatoms. The third kappa shape index (κ3) is 4.62. The molecule has 27 heavy (non-hydrogen) atoms. The molecule has 0 aliphatic carbocycles. The Balaban J connectivity index is 1.85. The second kappa shape index (κ2) is 8.18. The van der Waals surface area contributed by atoms with Crippen molar-refractivity contribution in [1.82, 2.24) is 9.88 Å². The van der Waals surface area contributed by atoms with Gasteiger partial charge in [0.25, 0.3) is 11.8 Å². The first kappa shape index (κ1) is 18.8. The fraction of sp³-hybridized carbons (Fsp3) is 0.250. The second-order valence-corrected chi connectivity index (χ2v) is 7.37. The highest BCUT2D eigenvalue weighted by atomic mass is 32.1. The molecule has 140 valence electrons. The average molecular weight is 383 g/mol. The van der Waals surface area contributed by atoms with Gasteiger partial charge in [-0.1, -0.05) is 17.7 Å². The SMILES string of the molecule is CCNC(=O)c1ccc(Cn2cc(C)sc2=NC(=O)c2ccc(C)cc2)o1. The van der Waals surface area contributed by atoms with Crippen LogP contribution in [-0.4, -0.2) is 22.9 Å². The molecule has 2 amide bonds. The summed E-state index contributed by atoms with van der Waals surface area (Å²) in [6.45, 7) is 6.71. The largest absolute Gasteiger partial charge is 0.454 e. The molecule has 3 rings (SSSR count). The van der Waals surface area contributed by atoms with Crippen LogP contribution < -0.4 is 10.1 Å². The summed E-state index contributed by atoms with van der Waals surface area (Å²) in [5.74, 6) is 0.370. The lowest BCUT2D eigenvalue weighted by Gasteiger charge is -2.01. The lowest BCUT2D eigenvalue weighted by atomic mass is 10.1. The average Bonchev–Trinajstić information content (AvgIpc) is 3.23. The minimum Gasteiger partial charge on any atom is -0.454 e.